The summed E-state index contributed by atoms with van der Waals surface area (Å²) in [7, 11) is 0. The fourth-order valence-corrected chi connectivity index (χ4v) is 10.7. The molecular formula is C42H34. The van der Waals surface area contributed by atoms with E-state index >= 15 is 0 Å². The zero-order valence-electron chi connectivity index (χ0n) is 23.9. The molecule has 4 bridgehead atoms. The molecular weight excluding hydrogens is 504 g/mol. The molecule has 6 aromatic rings. The number of rotatable bonds is 2. The molecule has 0 N–H and O–H groups in total. The van der Waals surface area contributed by atoms with Crippen LogP contribution in [0.4, 0.5) is 0 Å². The predicted octanol–water partition coefficient (Wildman–Crippen LogP) is 11.0. The van der Waals surface area contributed by atoms with Gasteiger partial charge in [-0.3, -0.25) is 0 Å². The standard InChI is InChI=1S/C42H34/c1-2-10-28(11-3-1)40-34-13-4-6-15-36(34)41(37-16-7-5-14-35(37)40)29-18-19-33-32-12-8-9-17-38(32)42(39(33)25-29)30-21-26-20-27(23-30)24-31(42)22-26/h1-19,25-27,30-31H,20-24H2. The van der Waals surface area contributed by atoms with Gasteiger partial charge in [0.25, 0.3) is 0 Å². The molecule has 0 heterocycles. The molecule has 0 amide bonds. The Morgan fingerprint density at radius 1 is 0.405 bits per heavy atom. The van der Waals surface area contributed by atoms with Crippen LogP contribution in [-0.4, -0.2) is 0 Å². The van der Waals surface area contributed by atoms with E-state index < -0.39 is 0 Å². The topological polar surface area (TPSA) is 0 Å². The number of fused-ring (bicyclic) bond motifs is 5. The van der Waals surface area contributed by atoms with Crippen LogP contribution in [0.2, 0.25) is 0 Å². The largest absolute Gasteiger partial charge is 0.0622 e. The first-order chi connectivity index (χ1) is 20.8. The summed E-state index contributed by atoms with van der Waals surface area (Å²) in [6, 6.07) is 46.2. The SMILES string of the molecule is c1ccc(-c2c3ccccc3c(-c3ccc4c(c3)C3(c5ccccc5-4)C4CC5CC(C4)CC3C5)c3ccccc23)cc1. The molecule has 0 aromatic heterocycles. The van der Waals surface area contributed by atoms with Gasteiger partial charge in [0, 0.05) is 5.41 Å². The van der Waals surface area contributed by atoms with E-state index in [2.05, 4.69) is 121 Å². The summed E-state index contributed by atoms with van der Waals surface area (Å²) in [5, 5.41) is 5.38. The molecule has 1 spiro atoms. The minimum atomic E-state index is 0.185. The highest BCUT2D eigenvalue weighted by Gasteiger charge is 2.61. The summed E-state index contributed by atoms with van der Waals surface area (Å²) >= 11 is 0. The molecule has 0 aliphatic heterocycles. The van der Waals surface area contributed by atoms with Crippen LogP contribution in [0.5, 0.6) is 0 Å². The van der Waals surface area contributed by atoms with Gasteiger partial charge < -0.3 is 0 Å². The van der Waals surface area contributed by atoms with Gasteiger partial charge in [-0.05, 0) is 128 Å². The number of hydrogen-bond donors (Lipinski definition) is 0. The Balaban J connectivity index is 1.27. The van der Waals surface area contributed by atoms with Crippen LogP contribution in [0.25, 0.3) is 54.9 Å². The molecule has 5 aliphatic rings. The zero-order chi connectivity index (χ0) is 27.4. The van der Waals surface area contributed by atoms with Crippen molar-refractivity contribution in [3.8, 4) is 33.4 Å². The van der Waals surface area contributed by atoms with Gasteiger partial charge in [0.1, 0.15) is 0 Å². The number of hydrogen-bond acceptors (Lipinski definition) is 0. The van der Waals surface area contributed by atoms with Crippen molar-refractivity contribution in [1.82, 2.24) is 0 Å². The first-order valence-corrected chi connectivity index (χ1v) is 16.0. The molecule has 0 nitrogen and oxygen atoms in total. The Labute approximate surface area is 248 Å². The summed E-state index contributed by atoms with van der Waals surface area (Å²) in [6.07, 6.45) is 7.17. The lowest BCUT2D eigenvalue weighted by molar-refractivity contribution is -0.0399. The van der Waals surface area contributed by atoms with E-state index in [1.54, 1.807) is 11.1 Å². The molecule has 11 rings (SSSR count). The van der Waals surface area contributed by atoms with Gasteiger partial charge in [-0.2, -0.15) is 0 Å². The molecule has 0 heteroatoms. The fraction of sp³-hybridized carbons (Fsp3) is 0.238. The Hall–Kier alpha value is -4.16. The van der Waals surface area contributed by atoms with E-state index in [0.29, 0.717) is 0 Å². The van der Waals surface area contributed by atoms with Crippen molar-refractivity contribution >= 4 is 21.5 Å². The van der Waals surface area contributed by atoms with Crippen molar-refractivity contribution in [3.05, 3.63) is 132 Å². The van der Waals surface area contributed by atoms with Crippen LogP contribution >= 0.6 is 0 Å². The molecule has 42 heavy (non-hydrogen) atoms. The van der Waals surface area contributed by atoms with Crippen LogP contribution < -0.4 is 0 Å². The second-order valence-corrected chi connectivity index (χ2v) is 13.7. The monoisotopic (exact) mass is 538 g/mol. The van der Waals surface area contributed by atoms with E-state index in [0.717, 1.165) is 23.7 Å². The summed E-state index contributed by atoms with van der Waals surface area (Å²) in [5.74, 6) is 3.47. The third-order valence-electron chi connectivity index (χ3n) is 11.8. The molecule has 4 fully saturated rings. The quantitative estimate of drug-likeness (QED) is 0.192. The summed E-state index contributed by atoms with van der Waals surface area (Å²) in [6.45, 7) is 0. The molecule has 4 saturated carbocycles. The van der Waals surface area contributed by atoms with Crippen molar-refractivity contribution < 1.29 is 0 Å². The zero-order valence-corrected chi connectivity index (χ0v) is 23.9. The predicted molar refractivity (Wildman–Crippen MR) is 176 cm³/mol. The van der Waals surface area contributed by atoms with Gasteiger partial charge in [-0.1, -0.05) is 115 Å². The average molecular weight is 539 g/mol. The maximum atomic E-state index is 2.66. The first-order valence-electron chi connectivity index (χ1n) is 16.0. The van der Waals surface area contributed by atoms with E-state index in [1.807, 2.05) is 0 Å². The van der Waals surface area contributed by atoms with Crippen LogP contribution in [-0.2, 0) is 5.41 Å². The summed E-state index contributed by atoms with van der Waals surface area (Å²) in [5.41, 5.74) is 11.9. The van der Waals surface area contributed by atoms with Gasteiger partial charge in [0.05, 0.1) is 0 Å². The van der Waals surface area contributed by atoms with E-state index in [1.165, 1.54) is 87.0 Å². The third-order valence-corrected chi connectivity index (χ3v) is 11.8. The van der Waals surface area contributed by atoms with Crippen molar-refractivity contribution in [1.29, 1.82) is 0 Å². The van der Waals surface area contributed by atoms with Crippen molar-refractivity contribution in [3.63, 3.8) is 0 Å². The van der Waals surface area contributed by atoms with E-state index in [-0.39, 0.29) is 5.41 Å². The highest BCUT2D eigenvalue weighted by molar-refractivity contribution is 6.21. The Bertz CT molecular complexity index is 1960. The summed E-state index contributed by atoms with van der Waals surface area (Å²) < 4.78 is 0. The Morgan fingerprint density at radius 3 is 1.52 bits per heavy atom. The second-order valence-electron chi connectivity index (χ2n) is 13.7. The van der Waals surface area contributed by atoms with Gasteiger partial charge in [-0.25, -0.2) is 0 Å². The minimum absolute atomic E-state index is 0.185. The maximum Gasteiger partial charge on any atom is 0.0272 e. The molecule has 0 unspecified atom stereocenters. The lowest BCUT2D eigenvalue weighted by Gasteiger charge is -2.61. The Morgan fingerprint density at radius 2 is 0.905 bits per heavy atom. The Kier molecular flexibility index (Phi) is 4.71. The van der Waals surface area contributed by atoms with Gasteiger partial charge in [0.15, 0.2) is 0 Å². The molecule has 0 atom stereocenters. The van der Waals surface area contributed by atoms with Crippen molar-refractivity contribution in [2.45, 2.75) is 37.5 Å². The maximum absolute atomic E-state index is 2.66. The van der Waals surface area contributed by atoms with Crippen LogP contribution in [0, 0.1) is 23.7 Å². The van der Waals surface area contributed by atoms with Gasteiger partial charge in [-0.15, -0.1) is 0 Å². The minimum Gasteiger partial charge on any atom is -0.0622 e. The molecule has 0 radical (unpaired) electrons. The van der Waals surface area contributed by atoms with Crippen LogP contribution in [0.15, 0.2) is 121 Å². The third kappa shape index (κ3) is 2.93. The van der Waals surface area contributed by atoms with E-state index in [9.17, 15) is 0 Å². The van der Waals surface area contributed by atoms with E-state index in [4.69, 9.17) is 0 Å². The van der Waals surface area contributed by atoms with Crippen LogP contribution in [0.1, 0.15) is 43.2 Å². The van der Waals surface area contributed by atoms with Crippen molar-refractivity contribution in [2.75, 3.05) is 0 Å². The summed E-state index contributed by atoms with van der Waals surface area (Å²) in [4.78, 5) is 0. The fourth-order valence-electron chi connectivity index (χ4n) is 10.7. The first kappa shape index (κ1) is 23.4. The van der Waals surface area contributed by atoms with Gasteiger partial charge in [0.2, 0.25) is 0 Å². The molecule has 202 valence electrons. The number of benzene rings is 6. The second kappa shape index (κ2) is 8.45. The highest BCUT2D eigenvalue weighted by atomic mass is 14.6. The highest BCUT2D eigenvalue weighted by Crippen LogP contribution is 2.69. The van der Waals surface area contributed by atoms with Crippen molar-refractivity contribution in [2.24, 2.45) is 23.7 Å². The van der Waals surface area contributed by atoms with Crippen LogP contribution in [0.3, 0.4) is 0 Å². The molecule has 5 aliphatic carbocycles. The average Bonchev–Trinajstić information content (AvgIpc) is 3.32. The molecule has 6 aromatic carbocycles. The lowest BCUT2D eigenvalue weighted by atomic mass is 9.43. The normalized spacial score (nSPS) is 26.7. The molecule has 0 saturated heterocycles. The lowest BCUT2D eigenvalue weighted by Crippen LogP contribution is -2.55. The van der Waals surface area contributed by atoms with Gasteiger partial charge >= 0.3 is 0 Å². The smallest absolute Gasteiger partial charge is 0.0272 e.